The molecule has 4 rings (SSSR count). The standard InChI is InChI=1S/C19H14N4O3/c1-23-14-8-3-2-7-12(14)17(24)15(19(23)26)16-13(18(25)22-21-16)10-11-6-4-5-9-20-11/h2-10,21H,1H3,(H,22,25)/b13-10-,16-15-. The molecule has 0 atom stereocenters. The molecule has 1 aliphatic heterocycles. The van der Waals surface area contributed by atoms with Gasteiger partial charge in [0.05, 0.1) is 21.9 Å². The highest BCUT2D eigenvalue weighted by atomic mass is 16.2. The Morgan fingerprint density at radius 1 is 1.00 bits per heavy atom. The number of H-pyrrole nitrogens is 2. The lowest BCUT2D eigenvalue weighted by molar-refractivity contribution is -0.113. The topological polar surface area (TPSA) is 98.9 Å². The fourth-order valence-electron chi connectivity index (χ4n) is 3.00. The molecule has 128 valence electrons. The highest BCUT2D eigenvalue weighted by Gasteiger charge is 2.33. The number of ketones is 1. The summed E-state index contributed by atoms with van der Waals surface area (Å²) >= 11 is 0. The molecule has 0 fully saturated rings. The number of carbonyl (C=O) groups is 2. The molecule has 7 nitrogen and oxygen atoms in total. The molecule has 0 saturated carbocycles. The van der Waals surface area contributed by atoms with Crippen LogP contribution in [0.2, 0.25) is 0 Å². The fourth-order valence-corrected chi connectivity index (χ4v) is 3.00. The maximum Gasteiger partial charge on any atom is 0.271 e. The number of pyridine rings is 1. The normalized spacial score (nSPS) is 16.8. The highest BCUT2D eigenvalue weighted by molar-refractivity contribution is 6.51. The highest BCUT2D eigenvalue weighted by Crippen LogP contribution is 2.28. The number of para-hydroxylation sites is 1. The van der Waals surface area contributed by atoms with Crippen LogP contribution in [0.4, 0.5) is 5.69 Å². The first-order chi connectivity index (χ1) is 12.6. The number of anilines is 1. The minimum atomic E-state index is -0.473. The summed E-state index contributed by atoms with van der Waals surface area (Å²) in [5.41, 5.74) is 0.991. The van der Waals surface area contributed by atoms with Crippen molar-refractivity contribution < 1.29 is 9.59 Å². The van der Waals surface area contributed by atoms with Gasteiger partial charge in [-0.05, 0) is 30.3 Å². The Balaban J connectivity index is 2.06. The Morgan fingerprint density at radius 2 is 1.77 bits per heavy atom. The number of Topliss-reactive ketones (excluding diaryl/α,β-unsaturated/α-hetero) is 1. The zero-order chi connectivity index (χ0) is 18.3. The van der Waals surface area contributed by atoms with Crippen LogP contribution in [0.5, 0.6) is 0 Å². The van der Waals surface area contributed by atoms with Crippen LogP contribution in [-0.4, -0.2) is 33.9 Å². The average molecular weight is 346 g/mol. The molecule has 7 heteroatoms. The summed E-state index contributed by atoms with van der Waals surface area (Å²) in [7, 11) is 1.60. The zero-order valence-corrected chi connectivity index (χ0v) is 13.8. The second kappa shape index (κ2) is 5.96. The first-order valence-corrected chi connectivity index (χ1v) is 7.93. The van der Waals surface area contributed by atoms with E-state index >= 15 is 0 Å². The van der Waals surface area contributed by atoms with Gasteiger partial charge in [-0.15, -0.1) is 0 Å². The Morgan fingerprint density at radius 3 is 2.54 bits per heavy atom. The summed E-state index contributed by atoms with van der Waals surface area (Å²) in [6.07, 6.45) is 3.14. The van der Waals surface area contributed by atoms with Crippen molar-refractivity contribution in [3.8, 4) is 0 Å². The molecule has 2 N–H and O–H groups in total. The van der Waals surface area contributed by atoms with Crippen molar-refractivity contribution in [3.05, 3.63) is 80.8 Å². The summed E-state index contributed by atoms with van der Waals surface area (Å²) in [5, 5.41) is 5.48. The average Bonchev–Trinajstić information content (AvgIpc) is 3.01. The van der Waals surface area contributed by atoms with Gasteiger partial charge in [-0.1, -0.05) is 18.2 Å². The Bertz CT molecular complexity index is 1210. The van der Waals surface area contributed by atoms with Crippen LogP contribution in [0.15, 0.2) is 53.5 Å². The summed E-state index contributed by atoms with van der Waals surface area (Å²) in [6.45, 7) is 0. The van der Waals surface area contributed by atoms with Crippen molar-refractivity contribution >= 4 is 29.0 Å². The third-order valence-electron chi connectivity index (χ3n) is 4.30. The van der Waals surface area contributed by atoms with E-state index in [9.17, 15) is 14.4 Å². The number of fused-ring (bicyclic) bond motifs is 1. The van der Waals surface area contributed by atoms with E-state index in [1.54, 1.807) is 61.8 Å². The Labute approximate surface area is 147 Å². The molecular formula is C19H14N4O3. The van der Waals surface area contributed by atoms with Gasteiger partial charge in [-0.25, -0.2) is 0 Å². The predicted molar refractivity (Wildman–Crippen MR) is 96.1 cm³/mol. The largest absolute Gasteiger partial charge is 0.310 e. The van der Waals surface area contributed by atoms with Gasteiger partial charge in [0.25, 0.3) is 11.5 Å². The van der Waals surface area contributed by atoms with Gasteiger partial charge in [-0.2, -0.15) is 0 Å². The molecule has 0 unspecified atom stereocenters. The number of hydrogen-bond acceptors (Lipinski definition) is 4. The number of amides is 1. The fraction of sp³-hybridized carbons (Fsp3) is 0.0526. The first kappa shape index (κ1) is 15.8. The molecular weight excluding hydrogens is 332 g/mol. The molecule has 1 aliphatic rings. The SMILES string of the molecule is CN1C(=O)/C(=c2\[nH][nH]c(=O)\c2=C/c2ccccn2)C(=O)c2ccccc21. The van der Waals surface area contributed by atoms with E-state index in [4.69, 9.17) is 0 Å². The van der Waals surface area contributed by atoms with Crippen molar-refractivity contribution in [3.63, 3.8) is 0 Å². The van der Waals surface area contributed by atoms with E-state index in [2.05, 4.69) is 15.2 Å². The van der Waals surface area contributed by atoms with Crippen LogP contribution in [0.25, 0.3) is 11.6 Å². The molecule has 0 saturated heterocycles. The second-order valence-corrected chi connectivity index (χ2v) is 5.85. The van der Waals surface area contributed by atoms with E-state index in [0.717, 1.165) is 0 Å². The molecule has 3 aromatic rings. The van der Waals surface area contributed by atoms with Gasteiger partial charge < -0.3 is 4.90 Å². The third-order valence-corrected chi connectivity index (χ3v) is 4.30. The van der Waals surface area contributed by atoms with Crippen molar-refractivity contribution in [2.24, 2.45) is 0 Å². The predicted octanol–water partition coefficient (Wildman–Crippen LogP) is -0.0632. The molecule has 2 aromatic heterocycles. The summed E-state index contributed by atoms with van der Waals surface area (Å²) < 4.78 is 0. The molecule has 1 aromatic carbocycles. The monoisotopic (exact) mass is 346 g/mol. The maximum absolute atomic E-state index is 12.9. The number of benzene rings is 1. The van der Waals surface area contributed by atoms with E-state index < -0.39 is 17.2 Å². The Kier molecular flexibility index (Phi) is 3.62. The van der Waals surface area contributed by atoms with Gasteiger partial charge in [0, 0.05) is 18.8 Å². The van der Waals surface area contributed by atoms with Gasteiger partial charge in [-0.3, -0.25) is 29.6 Å². The van der Waals surface area contributed by atoms with Crippen LogP contribution in [-0.2, 0) is 4.79 Å². The van der Waals surface area contributed by atoms with E-state index in [-0.39, 0.29) is 16.1 Å². The van der Waals surface area contributed by atoms with Crippen LogP contribution in [0.1, 0.15) is 16.1 Å². The first-order valence-electron chi connectivity index (χ1n) is 7.93. The molecule has 26 heavy (non-hydrogen) atoms. The minimum absolute atomic E-state index is 0.0771. The van der Waals surface area contributed by atoms with Crippen molar-refractivity contribution in [2.75, 3.05) is 11.9 Å². The molecule has 0 radical (unpaired) electrons. The summed E-state index contributed by atoms with van der Waals surface area (Å²) in [5.74, 6) is -0.894. The number of nitrogens with one attached hydrogen (secondary N) is 2. The van der Waals surface area contributed by atoms with Crippen LogP contribution in [0, 0.1) is 0 Å². The van der Waals surface area contributed by atoms with E-state index in [1.165, 1.54) is 4.90 Å². The maximum atomic E-state index is 12.9. The number of nitrogens with zero attached hydrogens (tertiary/aromatic N) is 2. The van der Waals surface area contributed by atoms with Gasteiger partial charge >= 0.3 is 0 Å². The summed E-state index contributed by atoms with van der Waals surface area (Å²) in [6, 6.07) is 12.1. The second-order valence-electron chi connectivity index (χ2n) is 5.85. The molecule has 1 amide bonds. The smallest absolute Gasteiger partial charge is 0.271 e. The lowest BCUT2D eigenvalue weighted by atomic mass is 9.95. The van der Waals surface area contributed by atoms with Crippen molar-refractivity contribution in [2.45, 2.75) is 0 Å². The van der Waals surface area contributed by atoms with Gasteiger partial charge in [0.1, 0.15) is 5.57 Å². The molecule has 0 aliphatic carbocycles. The molecule has 0 bridgehead atoms. The number of aromatic amines is 2. The molecule has 0 spiro atoms. The summed E-state index contributed by atoms with van der Waals surface area (Å²) in [4.78, 5) is 43.5. The number of aromatic nitrogens is 3. The van der Waals surface area contributed by atoms with Crippen LogP contribution >= 0.6 is 0 Å². The Hall–Kier alpha value is -3.74. The van der Waals surface area contributed by atoms with E-state index in [1.807, 2.05) is 0 Å². The number of carbonyl (C=O) groups excluding carboxylic acids is 2. The quantitative estimate of drug-likeness (QED) is 0.645. The van der Waals surface area contributed by atoms with E-state index in [0.29, 0.717) is 16.9 Å². The zero-order valence-electron chi connectivity index (χ0n) is 13.8. The van der Waals surface area contributed by atoms with Gasteiger partial charge in [0.15, 0.2) is 0 Å². The van der Waals surface area contributed by atoms with Crippen molar-refractivity contribution in [1.29, 1.82) is 0 Å². The lowest BCUT2D eigenvalue weighted by Crippen LogP contribution is -2.44. The van der Waals surface area contributed by atoms with Crippen LogP contribution in [0.3, 0.4) is 0 Å². The minimum Gasteiger partial charge on any atom is -0.310 e. The molecule has 3 heterocycles. The lowest BCUT2D eigenvalue weighted by Gasteiger charge is -2.25. The number of rotatable bonds is 1. The number of hydrogen-bond donors (Lipinski definition) is 2. The van der Waals surface area contributed by atoms with Gasteiger partial charge in [0.2, 0.25) is 5.78 Å². The third kappa shape index (κ3) is 2.37. The van der Waals surface area contributed by atoms with Crippen molar-refractivity contribution in [1.82, 2.24) is 15.2 Å². The van der Waals surface area contributed by atoms with Crippen LogP contribution < -0.4 is 21.0 Å².